The van der Waals surface area contributed by atoms with Gasteiger partial charge in [0.15, 0.2) is 11.6 Å². The van der Waals surface area contributed by atoms with Crippen LogP contribution in [0.1, 0.15) is 83.6 Å². The van der Waals surface area contributed by atoms with E-state index in [9.17, 15) is 17.6 Å². The lowest BCUT2D eigenvalue weighted by atomic mass is 9.68. The molecule has 0 bridgehead atoms. The molecular formula is C22H32F4O. The molecule has 1 nitrogen and oxygen atoms in total. The standard InChI is InChI=1S/C20H26F4O.C2H6/c1-13-2-4-14(5-3-13)15-6-8-16(9-7-15)17-10-11-19(18(21)12-17)25-20(22,23)24;1-2/h10-16H,2-9H2,1H3;1-2H3. The number of halogens is 4. The Bertz CT molecular complexity index is 568. The molecule has 0 heterocycles. The van der Waals surface area contributed by atoms with Gasteiger partial charge in [0, 0.05) is 0 Å². The van der Waals surface area contributed by atoms with Crippen LogP contribution >= 0.6 is 0 Å². The zero-order valence-electron chi connectivity index (χ0n) is 16.6. The van der Waals surface area contributed by atoms with Crippen LogP contribution in [-0.4, -0.2) is 6.36 Å². The van der Waals surface area contributed by atoms with Crippen molar-refractivity contribution in [2.45, 2.75) is 84.4 Å². The second kappa shape index (κ2) is 9.79. The van der Waals surface area contributed by atoms with Crippen molar-refractivity contribution in [3.05, 3.63) is 29.6 Å². The lowest BCUT2D eigenvalue weighted by Gasteiger charge is -2.37. The molecule has 0 unspecified atom stereocenters. The predicted octanol–water partition coefficient (Wildman–Crippen LogP) is 7.85. The zero-order valence-corrected chi connectivity index (χ0v) is 16.6. The molecule has 0 radical (unpaired) electrons. The highest BCUT2D eigenvalue weighted by atomic mass is 19.4. The molecule has 0 spiro atoms. The summed E-state index contributed by atoms with van der Waals surface area (Å²) in [4.78, 5) is 0. The Labute approximate surface area is 160 Å². The van der Waals surface area contributed by atoms with E-state index in [0.29, 0.717) is 0 Å². The van der Waals surface area contributed by atoms with Crippen LogP contribution in [0.15, 0.2) is 18.2 Å². The number of rotatable bonds is 3. The molecule has 0 atom stereocenters. The molecule has 0 amide bonds. The molecule has 0 aliphatic heterocycles. The summed E-state index contributed by atoms with van der Waals surface area (Å²) >= 11 is 0. The average Bonchev–Trinajstić information content (AvgIpc) is 2.65. The van der Waals surface area contributed by atoms with Crippen LogP contribution in [0, 0.1) is 23.6 Å². The largest absolute Gasteiger partial charge is 0.573 e. The van der Waals surface area contributed by atoms with Gasteiger partial charge in [0.25, 0.3) is 0 Å². The van der Waals surface area contributed by atoms with Crippen molar-refractivity contribution in [1.29, 1.82) is 0 Å². The number of alkyl halides is 3. The van der Waals surface area contributed by atoms with E-state index in [0.717, 1.165) is 55.1 Å². The first kappa shape index (κ1) is 22.0. The van der Waals surface area contributed by atoms with Gasteiger partial charge in [-0.1, -0.05) is 39.7 Å². The Morgan fingerprint density at radius 2 is 1.37 bits per heavy atom. The van der Waals surface area contributed by atoms with Gasteiger partial charge in [-0.25, -0.2) is 4.39 Å². The normalized spacial score (nSPS) is 28.9. The maximum Gasteiger partial charge on any atom is 0.573 e. The van der Waals surface area contributed by atoms with E-state index in [1.807, 2.05) is 13.8 Å². The molecule has 0 N–H and O–H groups in total. The van der Waals surface area contributed by atoms with Crippen molar-refractivity contribution in [1.82, 2.24) is 0 Å². The molecular weight excluding hydrogens is 356 g/mol. The highest BCUT2D eigenvalue weighted by Crippen LogP contribution is 2.44. The highest BCUT2D eigenvalue weighted by molar-refractivity contribution is 5.31. The van der Waals surface area contributed by atoms with Gasteiger partial charge in [-0.05, 0) is 79.9 Å². The molecule has 2 aliphatic rings. The van der Waals surface area contributed by atoms with E-state index in [-0.39, 0.29) is 5.92 Å². The maximum atomic E-state index is 13.9. The van der Waals surface area contributed by atoms with Crippen LogP contribution in [0.5, 0.6) is 5.75 Å². The summed E-state index contributed by atoms with van der Waals surface area (Å²) in [5.74, 6) is 1.01. The highest BCUT2D eigenvalue weighted by Gasteiger charge is 2.33. The van der Waals surface area contributed by atoms with Crippen LogP contribution in [0.25, 0.3) is 0 Å². The fourth-order valence-electron chi connectivity index (χ4n) is 4.66. The van der Waals surface area contributed by atoms with Gasteiger partial charge in [-0.2, -0.15) is 0 Å². The van der Waals surface area contributed by atoms with E-state index < -0.39 is 17.9 Å². The number of benzene rings is 1. The van der Waals surface area contributed by atoms with Crippen LogP contribution in [0.2, 0.25) is 0 Å². The summed E-state index contributed by atoms with van der Waals surface area (Å²) in [6, 6.07) is 3.90. The van der Waals surface area contributed by atoms with E-state index in [2.05, 4.69) is 11.7 Å². The Balaban J connectivity index is 0.00000126. The van der Waals surface area contributed by atoms with Crippen molar-refractivity contribution in [2.75, 3.05) is 0 Å². The SMILES string of the molecule is CC.CC1CCC(C2CCC(c3ccc(OC(F)(F)F)c(F)c3)CC2)CC1. The molecule has 5 heteroatoms. The number of hydrogen-bond acceptors (Lipinski definition) is 1. The summed E-state index contributed by atoms with van der Waals surface area (Å²) in [5, 5.41) is 0. The Morgan fingerprint density at radius 1 is 0.852 bits per heavy atom. The van der Waals surface area contributed by atoms with Gasteiger partial charge in [0.1, 0.15) is 0 Å². The summed E-state index contributed by atoms with van der Waals surface area (Å²) < 4.78 is 54.3. The van der Waals surface area contributed by atoms with E-state index in [1.54, 1.807) is 6.07 Å². The summed E-state index contributed by atoms with van der Waals surface area (Å²) in [7, 11) is 0. The van der Waals surface area contributed by atoms with Crippen LogP contribution in [0.3, 0.4) is 0 Å². The molecule has 0 saturated heterocycles. The van der Waals surface area contributed by atoms with E-state index in [4.69, 9.17) is 0 Å². The first-order valence-corrected chi connectivity index (χ1v) is 10.4. The first-order valence-electron chi connectivity index (χ1n) is 10.4. The van der Waals surface area contributed by atoms with Gasteiger partial charge in [-0.15, -0.1) is 13.2 Å². The van der Waals surface area contributed by atoms with E-state index in [1.165, 1.54) is 31.7 Å². The summed E-state index contributed by atoms with van der Waals surface area (Å²) in [6.45, 7) is 6.33. The van der Waals surface area contributed by atoms with Gasteiger partial charge in [0.05, 0.1) is 0 Å². The fourth-order valence-corrected chi connectivity index (χ4v) is 4.66. The van der Waals surface area contributed by atoms with Gasteiger partial charge in [0.2, 0.25) is 0 Å². The Morgan fingerprint density at radius 3 is 1.85 bits per heavy atom. The third-order valence-corrected chi connectivity index (χ3v) is 6.15. The minimum absolute atomic E-state index is 0.244. The number of hydrogen-bond donors (Lipinski definition) is 0. The van der Waals surface area contributed by atoms with Gasteiger partial charge in [-0.3, -0.25) is 0 Å². The minimum atomic E-state index is -4.86. The molecule has 3 rings (SSSR count). The molecule has 27 heavy (non-hydrogen) atoms. The average molecular weight is 388 g/mol. The molecule has 2 aliphatic carbocycles. The van der Waals surface area contributed by atoms with Crippen molar-refractivity contribution in [3.8, 4) is 5.75 Å². The zero-order chi connectivity index (χ0) is 20.0. The van der Waals surface area contributed by atoms with Gasteiger partial charge < -0.3 is 4.74 Å². The van der Waals surface area contributed by atoms with Crippen molar-refractivity contribution < 1.29 is 22.3 Å². The Kier molecular flexibility index (Phi) is 7.99. The molecule has 2 saturated carbocycles. The van der Waals surface area contributed by atoms with Crippen LogP contribution in [0.4, 0.5) is 17.6 Å². The summed E-state index contributed by atoms with van der Waals surface area (Å²) in [6.07, 6.45) is 4.73. The third-order valence-electron chi connectivity index (χ3n) is 6.15. The minimum Gasteiger partial charge on any atom is -0.403 e. The summed E-state index contributed by atoms with van der Waals surface area (Å²) in [5.41, 5.74) is 0.794. The lowest BCUT2D eigenvalue weighted by molar-refractivity contribution is -0.275. The third kappa shape index (κ3) is 6.39. The second-order valence-electron chi connectivity index (χ2n) is 7.87. The fraction of sp³-hybridized carbons (Fsp3) is 0.727. The van der Waals surface area contributed by atoms with Gasteiger partial charge >= 0.3 is 6.36 Å². The topological polar surface area (TPSA) is 9.23 Å². The quantitative estimate of drug-likeness (QED) is 0.479. The molecule has 1 aromatic carbocycles. The smallest absolute Gasteiger partial charge is 0.403 e. The predicted molar refractivity (Wildman–Crippen MR) is 100 cm³/mol. The molecule has 0 aromatic heterocycles. The van der Waals surface area contributed by atoms with Crippen LogP contribution < -0.4 is 4.74 Å². The monoisotopic (exact) mass is 388 g/mol. The van der Waals surface area contributed by atoms with Crippen molar-refractivity contribution in [2.24, 2.45) is 17.8 Å². The van der Waals surface area contributed by atoms with E-state index >= 15 is 0 Å². The first-order chi connectivity index (χ1) is 12.8. The lowest BCUT2D eigenvalue weighted by Crippen LogP contribution is -2.24. The van der Waals surface area contributed by atoms with Crippen molar-refractivity contribution >= 4 is 0 Å². The molecule has 154 valence electrons. The Hall–Kier alpha value is -1.26. The second-order valence-corrected chi connectivity index (χ2v) is 7.87. The molecule has 2 fully saturated rings. The van der Waals surface area contributed by atoms with Crippen molar-refractivity contribution in [3.63, 3.8) is 0 Å². The number of ether oxygens (including phenoxy) is 1. The maximum absolute atomic E-state index is 13.9. The molecule has 1 aromatic rings. The van der Waals surface area contributed by atoms with Crippen LogP contribution in [-0.2, 0) is 0 Å².